The molecule has 0 aliphatic heterocycles. The average Bonchev–Trinajstić information content (AvgIpc) is 2.03. The fourth-order valence-corrected chi connectivity index (χ4v) is 1.23. The van der Waals surface area contributed by atoms with Crippen molar-refractivity contribution in [1.82, 2.24) is 0 Å². The normalized spacial score (nSPS) is 16.7. The van der Waals surface area contributed by atoms with E-state index in [0.717, 1.165) is 0 Å². The van der Waals surface area contributed by atoms with Crippen LogP contribution in [0, 0.1) is 0 Å². The summed E-state index contributed by atoms with van der Waals surface area (Å²) in [5.41, 5.74) is -0.919. The zero-order chi connectivity index (χ0) is 11.2. The molecule has 0 heterocycles. The van der Waals surface area contributed by atoms with Gasteiger partial charge in [-0.2, -0.15) is 0 Å². The van der Waals surface area contributed by atoms with E-state index in [2.05, 4.69) is 0 Å². The van der Waals surface area contributed by atoms with Crippen LogP contribution in [0.4, 0.5) is 4.39 Å². The lowest BCUT2D eigenvalue weighted by Gasteiger charge is -2.31. The summed E-state index contributed by atoms with van der Waals surface area (Å²) in [7, 11) is 0. The SMILES string of the molecule is CCOC(C)OC(C)(C)[C@@H](F)CCO. The van der Waals surface area contributed by atoms with Gasteiger partial charge < -0.3 is 14.6 Å². The highest BCUT2D eigenvalue weighted by atomic mass is 19.1. The molecule has 0 aromatic heterocycles. The maximum atomic E-state index is 13.4. The molecule has 0 fully saturated rings. The molecule has 0 saturated carbocycles. The first-order valence-corrected chi connectivity index (χ1v) is 4.98. The van der Waals surface area contributed by atoms with Crippen LogP contribution < -0.4 is 0 Å². The third-order valence-electron chi connectivity index (χ3n) is 2.01. The van der Waals surface area contributed by atoms with Crippen LogP contribution in [0.25, 0.3) is 0 Å². The number of hydrogen-bond donors (Lipinski definition) is 1. The molecule has 3 nitrogen and oxygen atoms in total. The highest BCUT2D eigenvalue weighted by Crippen LogP contribution is 2.22. The van der Waals surface area contributed by atoms with E-state index in [1.165, 1.54) is 0 Å². The maximum Gasteiger partial charge on any atom is 0.155 e. The van der Waals surface area contributed by atoms with Crippen molar-refractivity contribution in [3.8, 4) is 0 Å². The Morgan fingerprint density at radius 2 is 2.00 bits per heavy atom. The van der Waals surface area contributed by atoms with Crippen LogP contribution >= 0.6 is 0 Å². The number of halogens is 1. The van der Waals surface area contributed by atoms with Crippen LogP contribution in [0.3, 0.4) is 0 Å². The molecule has 0 aliphatic rings. The van der Waals surface area contributed by atoms with Crippen LogP contribution in [0.1, 0.15) is 34.1 Å². The largest absolute Gasteiger partial charge is 0.396 e. The fraction of sp³-hybridized carbons (Fsp3) is 1.00. The van der Waals surface area contributed by atoms with Gasteiger partial charge in [0.25, 0.3) is 0 Å². The van der Waals surface area contributed by atoms with E-state index in [-0.39, 0.29) is 13.0 Å². The van der Waals surface area contributed by atoms with Gasteiger partial charge in [0.05, 0.1) is 5.60 Å². The van der Waals surface area contributed by atoms with Gasteiger partial charge in [-0.1, -0.05) is 0 Å². The van der Waals surface area contributed by atoms with Crippen molar-refractivity contribution < 1.29 is 19.0 Å². The fourth-order valence-electron chi connectivity index (χ4n) is 1.23. The van der Waals surface area contributed by atoms with Crippen molar-refractivity contribution in [1.29, 1.82) is 0 Å². The molecule has 0 aromatic carbocycles. The van der Waals surface area contributed by atoms with E-state index in [4.69, 9.17) is 14.6 Å². The first-order valence-electron chi connectivity index (χ1n) is 4.98. The second-order valence-corrected chi connectivity index (χ2v) is 3.72. The van der Waals surface area contributed by atoms with Gasteiger partial charge in [0.2, 0.25) is 0 Å². The van der Waals surface area contributed by atoms with E-state index in [0.29, 0.717) is 6.61 Å². The molecule has 0 spiro atoms. The molecule has 0 radical (unpaired) electrons. The predicted octanol–water partition coefficient (Wildman–Crippen LogP) is 1.88. The zero-order valence-corrected chi connectivity index (χ0v) is 9.42. The summed E-state index contributed by atoms with van der Waals surface area (Å²) in [6, 6.07) is 0. The molecule has 0 bridgehead atoms. The van der Waals surface area contributed by atoms with Crippen LogP contribution in [0.2, 0.25) is 0 Å². The van der Waals surface area contributed by atoms with Gasteiger partial charge in [-0.3, -0.25) is 0 Å². The standard InChI is InChI=1S/C10H21FO3/c1-5-13-8(2)14-10(3,4)9(11)6-7-12/h8-9,12H,5-7H2,1-4H3/t8?,9-/m0/s1. The molecule has 0 saturated heterocycles. The number of aliphatic hydroxyl groups is 1. The highest BCUT2D eigenvalue weighted by molar-refractivity contribution is 4.79. The molecule has 0 rings (SSSR count). The minimum absolute atomic E-state index is 0.0891. The number of aliphatic hydroxyl groups excluding tert-OH is 1. The Kier molecular flexibility index (Phi) is 6.24. The number of ether oxygens (including phenoxy) is 2. The van der Waals surface area contributed by atoms with Gasteiger partial charge in [0, 0.05) is 19.6 Å². The molecule has 2 atom stereocenters. The van der Waals surface area contributed by atoms with Gasteiger partial charge in [-0.25, -0.2) is 4.39 Å². The second kappa shape index (κ2) is 6.32. The zero-order valence-electron chi connectivity index (χ0n) is 9.42. The lowest BCUT2D eigenvalue weighted by Crippen LogP contribution is -2.40. The Morgan fingerprint density at radius 3 is 2.43 bits per heavy atom. The van der Waals surface area contributed by atoms with E-state index in [9.17, 15) is 4.39 Å². The molecular weight excluding hydrogens is 187 g/mol. The molecule has 14 heavy (non-hydrogen) atoms. The van der Waals surface area contributed by atoms with Gasteiger partial charge >= 0.3 is 0 Å². The lowest BCUT2D eigenvalue weighted by atomic mass is 10.0. The number of hydrogen-bond acceptors (Lipinski definition) is 3. The first kappa shape index (κ1) is 13.8. The van der Waals surface area contributed by atoms with Gasteiger partial charge in [-0.05, 0) is 27.7 Å². The van der Waals surface area contributed by atoms with E-state index >= 15 is 0 Å². The molecular formula is C10H21FO3. The maximum absolute atomic E-state index is 13.4. The Balaban J connectivity index is 4.03. The van der Waals surface area contributed by atoms with Crippen molar-refractivity contribution in [2.24, 2.45) is 0 Å². The summed E-state index contributed by atoms with van der Waals surface area (Å²) < 4.78 is 24.0. The van der Waals surface area contributed by atoms with Crippen molar-refractivity contribution >= 4 is 0 Å². The topological polar surface area (TPSA) is 38.7 Å². The Labute approximate surface area is 85.2 Å². The molecule has 86 valence electrons. The summed E-state index contributed by atoms with van der Waals surface area (Å²) in [4.78, 5) is 0. The third kappa shape index (κ3) is 4.88. The summed E-state index contributed by atoms with van der Waals surface area (Å²) in [5.74, 6) is 0. The molecule has 4 heteroatoms. The van der Waals surface area contributed by atoms with Crippen LogP contribution in [-0.4, -0.2) is 36.4 Å². The van der Waals surface area contributed by atoms with E-state index in [1.54, 1.807) is 20.8 Å². The highest BCUT2D eigenvalue weighted by Gasteiger charge is 2.31. The Morgan fingerprint density at radius 1 is 1.43 bits per heavy atom. The van der Waals surface area contributed by atoms with Gasteiger partial charge in [-0.15, -0.1) is 0 Å². The third-order valence-corrected chi connectivity index (χ3v) is 2.01. The average molecular weight is 208 g/mol. The van der Waals surface area contributed by atoms with Gasteiger partial charge in [0.1, 0.15) is 6.17 Å². The minimum Gasteiger partial charge on any atom is -0.396 e. The van der Waals surface area contributed by atoms with Crippen molar-refractivity contribution in [2.45, 2.75) is 52.2 Å². The van der Waals surface area contributed by atoms with Crippen molar-refractivity contribution in [2.75, 3.05) is 13.2 Å². The minimum atomic E-state index is -1.18. The molecule has 0 aliphatic carbocycles. The van der Waals surface area contributed by atoms with Crippen LogP contribution in [0.15, 0.2) is 0 Å². The molecule has 0 aromatic rings. The summed E-state index contributed by atoms with van der Waals surface area (Å²) in [6.45, 7) is 7.27. The quantitative estimate of drug-likeness (QED) is 0.649. The summed E-state index contributed by atoms with van der Waals surface area (Å²) in [5, 5.41) is 8.61. The second-order valence-electron chi connectivity index (χ2n) is 3.72. The molecule has 1 N–H and O–H groups in total. The van der Waals surface area contributed by atoms with Crippen molar-refractivity contribution in [3.05, 3.63) is 0 Å². The number of alkyl halides is 1. The molecule has 1 unspecified atom stereocenters. The monoisotopic (exact) mass is 208 g/mol. The lowest BCUT2D eigenvalue weighted by molar-refractivity contribution is -0.208. The van der Waals surface area contributed by atoms with Gasteiger partial charge in [0.15, 0.2) is 6.29 Å². The summed E-state index contributed by atoms with van der Waals surface area (Å²) >= 11 is 0. The van der Waals surface area contributed by atoms with Crippen LogP contribution in [-0.2, 0) is 9.47 Å². The van der Waals surface area contributed by atoms with Crippen molar-refractivity contribution in [3.63, 3.8) is 0 Å². The smallest absolute Gasteiger partial charge is 0.155 e. The van der Waals surface area contributed by atoms with E-state index in [1.807, 2.05) is 6.92 Å². The molecule has 0 amide bonds. The Bertz CT molecular complexity index is 150. The summed E-state index contributed by atoms with van der Waals surface area (Å²) in [6.07, 6.45) is -1.52. The van der Waals surface area contributed by atoms with E-state index < -0.39 is 18.1 Å². The van der Waals surface area contributed by atoms with Crippen LogP contribution in [0.5, 0.6) is 0 Å². The first-order chi connectivity index (χ1) is 6.44. The Hall–Kier alpha value is -0.190. The predicted molar refractivity (Wildman–Crippen MR) is 52.9 cm³/mol. The number of rotatable bonds is 7.